The molecule has 0 radical (unpaired) electrons. The Morgan fingerprint density at radius 1 is 1.43 bits per heavy atom. The van der Waals surface area contributed by atoms with E-state index in [1.165, 1.54) is 0 Å². The second-order valence-corrected chi connectivity index (χ2v) is 8.43. The summed E-state index contributed by atoms with van der Waals surface area (Å²) in [6.07, 6.45) is 1.02. The largest absolute Gasteiger partial charge is 0.452 e. The van der Waals surface area contributed by atoms with E-state index in [1.807, 2.05) is 13.8 Å². The Labute approximate surface area is 139 Å². The van der Waals surface area contributed by atoms with Gasteiger partial charge in [0.1, 0.15) is 10.7 Å². The van der Waals surface area contributed by atoms with Crippen molar-refractivity contribution >= 4 is 37.7 Å². The fraction of sp³-hybridized carbons (Fsp3) is 0.692. The van der Waals surface area contributed by atoms with Crippen LogP contribution in [0.2, 0.25) is 0 Å². The molecule has 1 atom stereocenters. The van der Waals surface area contributed by atoms with Crippen LogP contribution in [0.3, 0.4) is 0 Å². The van der Waals surface area contributed by atoms with E-state index in [0.29, 0.717) is 12.3 Å². The molecule has 0 aliphatic rings. The fourth-order valence-corrected chi connectivity index (χ4v) is 4.73. The van der Waals surface area contributed by atoms with Crippen LogP contribution >= 0.6 is 27.7 Å². The zero-order chi connectivity index (χ0) is 15.9. The van der Waals surface area contributed by atoms with Crippen LogP contribution in [0.15, 0.2) is 20.0 Å². The van der Waals surface area contributed by atoms with Gasteiger partial charge >= 0.3 is 0 Å². The minimum atomic E-state index is -3.56. The molecule has 0 amide bonds. The highest BCUT2D eigenvalue weighted by Gasteiger charge is 2.24. The molecular weight excluding hydrogens is 376 g/mol. The van der Waals surface area contributed by atoms with Crippen LogP contribution in [-0.4, -0.2) is 32.5 Å². The Hall–Kier alpha value is -0.0200. The molecule has 2 N–H and O–H groups in total. The van der Waals surface area contributed by atoms with Gasteiger partial charge in [0.25, 0.3) is 0 Å². The van der Waals surface area contributed by atoms with Crippen LogP contribution in [0.4, 0.5) is 0 Å². The van der Waals surface area contributed by atoms with Crippen LogP contribution in [0, 0.1) is 0 Å². The second kappa shape index (κ2) is 9.19. The van der Waals surface area contributed by atoms with Gasteiger partial charge < -0.3 is 9.73 Å². The molecule has 1 heterocycles. The SMILES string of the molecule is CCCNCc1cc(S(=O)(=O)NC(C)CSCC)c(Br)o1. The molecule has 8 heteroatoms. The van der Waals surface area contributed by atoms with E-state index in [0.717, 1.165) is 24.5 Å². The van der Waals surface area contributed by atoms with Crippen LogP contribution in [-0.2, 0) is 16.6 Å². The summed E-state index contributed by atoms with van der Waals surface area (Å²) in [5.74, 6) is 2.32. The molecule has 0 spiro atoms. The molecular formula is C13H23BrN2O3S2. The molecule has 21 heavy (non-hydrogen) atoms. The number of halogens is 1. The summed E-state index contributed by atoms with van der Waals surface area (Å²) in [4.78, 5) is 0.157. The zero-order valence-corrected chi connectivity index (χ0v) is 15.8. The summed E-state index contributed by atoms with van der Waals surface area (Å²) in [6.45, 7) is 7.36. The molecule has 122 valence electrons. The molecule has 0 saturated carbocycles. The lowest BCUT2D eigenvalue weighted by Gasteiger charge is -2.12. The molecule has 1 aromatic heterocycles. The maximum absolute atomic E-state index is 12.3. The number of hydrogen-bond acceptors (Lipinski definition) is 5. The molecule has 0 saturated heterocycles. The average molecular weight is 399 g/mol. The number of rotatable bonds is 10. The van der Waals surface area contributed by atoms with Crippen molar-refractivity contribution < 1.29 is 12.8 Å². The van der Waals surface area contributed by atoms with E-state index in [-0.39, 0.29) is 15.6 Å². The summed E-state index contributed by atoms with van der Waals surface area (Å²) >= 11 is 4.89. The van der Waals surface area contributed by atoms with Gasteiger partial charge in [-0.1, -0.05) is 13.8 Å². The Balaban J connectivity index is 2.74. The zero-order valence-electron chi connectivity index (χ0n) is 12.6. The predicted molar refractivity (Wildman–Crippen MR) is 91.2 cm³/mol. The van der Waals surface area contributed by atoms with Crippen LogP contribution in [0.5, 0.6) is 0 Å². The monoisotopic (exact) mass is 398 g/mol. The summed E-state index contributed by atoms with van der Waals surface area (Å²) < 4.78 is 33.0. The van der Waals surface area contributed by atoms with Gasteiger partial charge in [0, 0.05) is 17.9 Å². The minimum Gasteiger partial charge on any atom is -0.452 e. The molecule has 1 unspecified atom stereocenters. The van der Waals surface area contributed by atoms with Gasteiger partial charge in [0.15, 0.2) is 4.67 Å². The maximum Gasteiger partial charge on any atom is 0.245 e. The average Bonchev–Trinajstić information content (AvgIpc) is 2.78. The van der Waals surface area contributed by atoms with Gasteiger partial charge in [-0.25, -0.2) is 13.1 Å². The van der Waals surface area contributed by atoms with Gasteiger partial charge in [0.05, 0.1) is 6.54 Å². The molecule has 0 aliphatic heterocycles. The second-order valence-electron chi connectivity index (χ2n) is 4.71. The van der Waals surface area contributed by atoms with Crippen molar-refractivity contribution in [3.63, 3.8) is 0 Å². The Kier molecular flexibility index (Phi) is 8.33. The third kappa shape index (κ3) is 6.32. The third-order valence-corrected chi connectivity index (χ3v) is 6.24. The maximum atomic E-state index is 12.3. The lowest BCUT2D eigenvalue weighted by atomic mass is 10.4. The van der Waals surface area contributed by atoms with Crippen LogP contribution in [0.25, 0.3) is 0 Å². The standard InChI is InChI=1S/C13H23BrN2O3S2/c1-4-6-15-8-11-7-12(13(14)19-11)21(17,18)16-10(3)9-20-5-2/h7,10,15-16H,4-6,8-9H2,1-3H3. The van der Waals surface area contributed by atoms with Gasteiger partial charge in [-0.05, 0) is 41.6 Å². The van der Waals surface area contributed by atoms with Crippen molar-refractivity contribution in [3.8, 4) is 0 Å². The molecule has 0 aliphatic carbocycles. The molecule has 0 aromatic carbocycles. The van der Waals surface area contributed by atoms with Gasteiger partial charge in [-0.3, -0.25) is 0 Å². The van der Waals surface area contributed by atoms with Crippen molar-refractivity contribution in [1.29, 1.82) is 0 Å². The Morgan fingerprint density at radius 3 is 2.76 bits per heavy atom. The van der Waals surface area contributed by atoms with Crippen molar-refractivity contribution in [2.75, 3.05) is 18.1 Å². The summed E-state index contributed by atoms with van der Waals surface area (Å²) in [7, 11) is -3.56. The highest BCUT2D eigenvalue weighted by atomic mass is 79.9. The molecule has 0 fully saturated rings. The number of hydrogen-bond donors (Lipinski definition) is 2. The first kappa shape index (κ1) is 19.0. The van der Waals surface area contributed by atoms with Gasteiger partial charge in [0.2, 0.25) is 10.0 Å². The smallest absolute Gasteiger partial charge is 0.245 e. The van der Waals surface area contributed by atoms with Crippen molar-refractivity contribution in [2.24, 2.45) is 0 Å². The number of furan rings is 1. The first-order chi connectivity index (χ1) is 9.90. The fourth-order valence-electron chi connectivity index (χ4n) is 1.71. The van der Waals surface area contributed by atoms with Crippen molar-refractivity contribution in [2.45, 2.75) is 44.7 Å². The lowest BCUT2D eigenvalue weighted by molar-refractivity contribution is 0.460. The highest BCUT2D eigenvalue weighted by Crippen LogP contribution is 2.26. The van der Waals surface area contributed by atoms with Gasteiger partial charge in [-0.15, -0.1) is 0 Å². The van der Waals surface area contributed by atoms with E-state index >= 15 is 0 Å². The minimum absolute atomic E-state index is 0.122. The van der Waals surface area contributed by atoms with E-state index < -0.39 is 10.0 Å². The highest BCUT2D eigenvalue weighted by molar-refractivity contribution is 9.10. The Bertz CT molecular complexity index is 532. The van der Waals surface area contributed by atoms with E-state index in [1.54, 1.807) is 17.8 Å². The van der Waals surface area contributed by atoms with Gasteiger partial charge in [-0.2, -0.15) is 11.8 Å². The summed E-state index contributed by atoms with van der Waals surface area (Å²) in [6, 6.07) is 1.44. The van der Waals surface area contributed by atoms with Crippen molar-refractivity contribution in [3.05, 3.63) is 16.5 Å². The molecule has 1 aromatic rings. The van der Waals surface area contributed by atoms with Crippen molar-refractivity contribution in [1.82, 2.24) is 10.0 Å². The topological polar surface area (TPSA) is 71.3 Å². The third-order valence-electron chi connectivity index (χ3n) is 2.65. The summed E-state index contributed by atoms with van der Waals surface area (Å²) in [5, 5.41) is 3.18. The van der Waals surface area contributed by atoms with Crippen LogP contribution < -0.4 is 10.0 Å². The van der Waals surface area contributed by atoms with E-state index in [9.17, 15) is 8.42 Å². The predicted octanol–water partition coefficient (Wildman–Crippen LogP) is 2.96. The molecule has 0 bridgehead atoms. The summed E-state index contributed by atoms with van der Waals surface area (Å²) in [5.41, 5.74) is 0. The Morgan fingerprint density at radius 2 is 2.14 bits per heavy atom. The van der Waals surface area contributed by atoms with Crippen LogP contribution in [0.1, 0.15) is 33.0 Å². The first-order valence-corrected chi connectivity index (χ1v) is 10.4. The van der Waals surface area contributed by atoms with E-state index in [4.69, 9.17) is 4.42 Å². The number of thioether (sulfide) groups is 1. The normalized spacial score (nSPS) is 13.5. The molecule has 5 nitrogen and oxygen atoms in total. The first-order valence-electron chi connectivity index (χ1n) is 6.99. The number of nitrogens with one attached hydrogen (secondary N) is 2. The van der Waals surface area contributed by atoms with E-state index in [2.05, 4.69) is 32.9 Å². The molecule has 1 rings (SSSR count). The number of sulfonamides is 1. The quantitative estimate of drug-likeness (QED) is 0.592. The lowest BCUT2D eigenvalue weighted by Crippen LogP contribution is -2.34.